The fraction of sp³-hybridized carbons (Fsp3) is 0.261. The smallest absolute Gasteiger partial charge is 0.285 e. The molecule has 4 heterocycles. The number of aryl methyl sites for hydroxylation is 1. The highest BCUT2D eigenvalue weighted by Crippen LogP contribution is 2.26. The molecule has 1 aromatic carbocycles. The summed E-state index contributed by atoms with van der Waals surface area (Å²) < 4.78 is 8.50. The molecule has 9 nitrogen and oxygen atoms in total. The molecule has 0 saturated heterocycles. The Balaban J connectivity index is 1.37. The highest BCUT2D eigenvalue weighted by molar-refractivity contribution is 9.10. The first-order valence-corrected chi connectivity index (χ1v) is 11.4. The van der Waals surface area contributed by atoms with Crippen molar-refractivity contribution in [3.63, 3.8) is 0 Å². The van der Waals surface area contributed by atoms with Gasteiger partial charge in [-0.15, -0.1) is 5.06 Å². The van der Waals surface area contributed by atoms with Crippen LogP contribution < -0.4 is 0 Å². The van der Waals surface area contributed by atoms with E-state index in [1.807, 2.05) is 17.6 Å². The average Bonchev–Trinajstić information content (AvgIpc) is 3.30. The van der Waals surface area contributed by atoms with Crippen molar-refractivity contribution < 1.29 is 19.2 Å². The second-order valence-electron chi connectivity index (χ2n) is 7.47. The van der Waals surface area contributed by atoms with Crippen LogP contribution in [0.25, 0.3) is 22.1 Å². The first kappa shape index (κ1) is 21.6. The maximum Gasteiger partial charge on any atom is 0.285 e. The van der Waals surface area contributed by atoms with Crippen molar-refractivity contribution >= 4 is 49.8 Å². The van der Waals surface area contributed by atoms with Gasteiger partial charge in [0.1, 0.15) is 23.5 Å². The summed E-state index contributed by atoms with van der Waals surface area (Å²) in [5.41, 5.74) is 3.81. The van der Waals surface area contributed by atoms with E-state index < -0.39 is 11.8 Å². The first-order valence-electron chi connectivity index (χ1n) is 10.6. The third kappa shape index (κ3) is 3.90. The first-order chi connectivity index (χ1) is 16.1. The van der Waals surface area contributed by atoms with Crippen molar-refractivity contribution in [3.8, 4) is 0 Å². The number of pyridine rings is 2. The average molecular weight is 510 g/mol. The predicted molar refractivity (Wildman–Crippen MR) is 123 cm³/mol. The van der Waals surface area contributed by atoms with Crippen LogP contribution in [0.15, 0.2) is 47.2 Å². The molecule has 33 heavy (non-hydrogen) atoms. The van der Waals surface area contributed by atoms with Crippen LogP contribution in [0.1, 0.15) is 39.9 Å². The monoisotopic (exact) mass is 509 g/mol. The summed E-state index contributed by atoms with van der Waals surface area (Å²) in [5.74, 6) is -0.119. The number of halogens is 1. The Kier molecular flexibility index (Phi) is 5.88. The van der Waals surface area contributed by atoms with Crippen LogP contribution in [0.3, 0.4) is 0 Å². The van der Waals surface area contributed by atoms with Gasteiger partial charge in [0.15, 0.2) is 0 Å². The van der Waals surface area contributed by atoms with Gasteiger partial charge in [0.05, 0.1) is 35.0 Å². The molecular formula is C23H20BrN5O4. The highest BCUT2D eigenvalue weighted by atomic mass is 79.9. The van der Waals surface area contributed by atoms with Crippen molar-refractivity contribution in [2.45, 2.75) is 26.5 Å². The molecule has 0 N–H and O–H groups in total. The lowest BCUT2D eigenvalue weighted by molar-refractivity contribution is -0.0925. The second-order valence-corrected chi connectivity index (χ2v) is 8.38. The van der Waals surface area contributed by atoms with Gasteiger partial charge in [-0.05, 0) is 47.5 Å². The Labute approximate surface area is 197 Å². The van der Waals surface area contributed by atoms with Crippen molar-refractivity contribution in [1.82, 2.24) is 24.6 Å². The Hall–Kier alpha value is -3.21. The summed E-state index contributed by atoms with van der Waals surface area (Å²) >= 11 is 3.44. The highest BCUT2D eigenvalue weighted by Gasteiger charge is 2.36. The second kappa shape index (κ2) is 8.97. The molecular weight excluding hydrogens is 490 g/mol. The molecule has 0 bridgehead atoms. The van der Waals surface area contributed by atoms with E-state index in [4.69, 9.17) is 14.6 Å². The largest absolute Gasteiger partial charge is 0.374 e. The minimum atomic E-state index is -0.437. The zero-order valence-corrected chi connectivity index (χ0v) is 19.4. The van der Waals surface area contributed by atoms with Gasteiger partial charge < -0.3 is 9.30 Å². The fourth-order valence-electron chi connectivity index (χ4n) is 3.91. The summed E-state index contributed by atoms with van der Waals surface area (Å²) in [7, 11) is 0. The Morgan fingerprint density at radius 3 is 2.52 bits per heavy atom. The maximum atomic E-state index is 12.5. The van der Waals surface area contributed by atoms with Gasteiger partial charge in [0, 0.05) is 23.8 Å². The number of amides is 2. The third-order valence-corrected chi connectivity index (χ3v) is 5.83. The molecule has 5 rings (SSSR count). The molecule has 2 amide bonds. The van der Waals surface area contributed by atoms with Gasteiger partial charge in [-0.3, -0.25) is 24.4 Å². The SMILES string of the molecule is CCOCc1nc2cnc3cc(Br)cnc3c2n1CCCON1C(=O)c2ccccc2C1=O. The summed E-state index contributed by atoms with van der Waals surface area (Å²) in [5, 5.41) is 0.843. The van der Waals surface area contributed by atoms with Gasteiger partial charge in [0.25, 0.3) is 11.8 Å². The molecule has 1 aliphatic rings. The van der Waals surface area contributed by atoms with Crippen LogP contribution in [-0.4, -0.2) is 49.6 Å². The van der Waals surface area contributed by atoms with E-state index in [0.717, 1.165) is 37.4 Å². The molecule has 4 aromatic rings. The number of hydrogen-bond donors (Lipinski definition) is 0. The molecule has 0 spiro atoms. The van der Waals surface area contributed by atoms with E-state index >= 15 is 0 Å². The lowest BCUT2D eigenvalue weighted by Crippen LogP contribution is -2.30. The van der Waals surface area contributed by atoms with E-state index in [9.17, 15) is 9.59 Å². The van der Waals surface area contributed by atoms with Crippen LogP contribution >= 0.6 is 15.9 Å². The molecule has 1 aliphatic heterocycles. The number of carbonyl (C=O) groups is 2. The van der Waals surface area contributed by atoms with Gasteiger partial charge in [-0.2, -0.15) is 0 Å². The van der Waals surface area contributed by atoms with Crippen LogP contribution in [-0.2, 0) is 22.7 Å². The molecule has 0 radical (unpaired) electrons. The fourth-order valence-corrected chi connectivity index (χ4v) is 4.23. The topological polar surface area (TPSA) is 99.4 Å². The van der Waals surface area contributed by atoms with Crippen molar-refractivity contribution in [1.29, 1.82) is 0 Å². The molecule has 0 unspecified atom stereocenters. The number of ether oxygens (including phenoxy) is 1. The molecule has 10 heteroatoms. The Morgan fingerprint density at radius 1 is 1.03 bits per heavy atom. The number of fused-ring (bicyclic) bond motifs is 4. The summed E-state index contributed by atoms with van der Waals surface area (Å²) in [6.45, 7) is 3.57. The number of imide groups is 1. The van der Waals surface area contributed by atoms with E-state index in [1.165, 1.54) is 0 Å². The van der Waals surface area contributed by atoms with Crippen molar-refractivity contribution in [2.24, 2.45) is 0 Å². The third-order valence-electron chi connectivity index (χ3n) is 5.40. The summed E-state index contributed by atoms with van der Waals surface area (Å²) in [4.78, 5) is 44.3. The van der Waals surface area contributed by atoms with Gasteiger partial charge in [0.2, 0.25) is 0 Å². The van der Waals surface area contributed by atoms with E-state index in [1.54, 1.807) is 36.7 Å². The maximum absolute atomic E-state index is 12.5. The normalized spacial score (nSPS) is 13.5. The predicted octanol–water partition coefficient (Wildman–Crippen LogP) is 3.90. The number of imidazole rings is 1. The molecule has 168 valence electrons. The summed E-state index contributed by atoms with van der Waals surface area (Å²) in [6, 6.07) is 8.61. The van der Waals surface area contributed by atoms with Gasteiger partial charge >= 0.3 is 0 Å². The van der Waals surface area contributed by atoms with Crippen LogP contribution in [0.5, 0.6) is 0 Å². The van der Waals surface area contributed by atoms with Gasteiger partial charge in [-0.1, -0.05) is 12.1 Å². The van der Waals surface area contributed by atoms with E-state index in [0.29, 0.717) is 37.3 Å². The zero-order chi connectivity index (χ0) is 22.9. The number of rotatable bonds is 8. The van der Waals surface area contributed by atoms with Crippen LogP contribution in [0.2, 0.25) is 0 Å². The molecule has 0 fully saturated rings. The number of nitrogens with zero attached hydrogens (tertiary/aromatic N) is 5. The Morgan fingerprint density at radius 2 is 1.79 bits per heavy atom. The quantitative estimate of drug-likeness (QED) is 0.262. The number of benzene rings is 1. The molecule has 0 saturated carbocycles. The van der Waals surface area contributed by atoms with Crippen LogP contribution in [0, 0.1) is 0 Å². The lowest BCUT2D eigenvalue weighted by Gasteiger charge is -2.14. The number of hydroxylamine groups is 2. The molecule has 0 atom stereocenters. The molecule has 3 aromatic heterocycles. The van der Waals surface area contributed by atoms with Gasteiger partial charge in [-0.25, -0.2) is 4.98 Å². The van der Waals surface area contributed by atoms with Crippen molar-refractivity contribution in [3.05, 3.63) is 64.1 Å². The summed E-state index contributed by atoms with van der Waals surface area (Å²) in [6.07, 6.45) is 4.00. The number of carbonyl (C=O) groups excluding carboxylic acids is 2. The number of hydrogen-bond acceptors (Lipinski definition) is 7. The van der Waals surface area contributed by atoms with Crippen molar-refractivity contribution in [2.75, 3.05) is 13.2 Å². The molecule has 0 aliphatic carbocycles. The lowest BCUT2D eigenvalue weighted by atomic mass is 10.1. The van der Waals surface area contributed by atoms with E-state index in [-0.39, 0.29) is 6.61 Å². The Bertz CT molecular complexity index is 1350. The minimum absolute atomic E-state index is 0.182. The standard InChI is InChI=1S/C23H20BrN5O4/c1-2-32-13-19-27-18-12-25-17-10-14(24)11-26-20(17)21(18)28(19)8-5-9-33-29-22(30)15-6-3-4-7-16(15)23(29)31/h3-4,6-7,10-12H,2,5,8-9,13H2,1H3. The number of aromatic nitrogens is 4. The van der Waals surface area contributed by atoms with Crippen LogP contribution in [0.4, 0.5) is 0 Å². The van der Waals surface area contributed by atoms with E-state index in [2.05, 4.69) is 25.9 Å². The zero-order valence-electron chi connectivity index (χ0n) is 17.8. The minimum Gasteiger partial charge on any atom is -0.374 e.